The molecule has 0 saturated carbocycles. The Balaban J connectivity index is 0.00000164. The SMILES string of the molecule is CC.CC(C)N1CC(=O)Cc2c(F)cc(-c3nc(Nc4ccc(N5CCCNCC5)cn4)ncc3F)cc21. The molecule has 1 fully saturated rings. The van der Waals surface area contributed by atoms with Crippen molar-refractivity contribution in [1.29, 1.82) is 0 Å². The van der Waals surface area contributed by atoms with Gasteiger partial charge in [0.15, 0.2) is 11.6 Å². The number of aromatic nitrogens is 3. The Morgan fingerprint density at radius 2 is 1.84 bits per heavy atom. The van der Waals surface area contributed by atoms with E-state index in [9.17, 15) is 9.18 Å². The second-order valence-electron chi connectivity index (χ2n) is 9.40. The smallest absolute Gasteiger partial charge is 0.229 e. The Kier molecular flexibility index (Phi) is 8.83. The minimum atomic E-state index is -0.666. The lowest BCUT2D eigenvalue weighted by molar-refractivity contribution is -0.117. The third-order valence-corrected chi connectivity index (χ3v) is 6.54. The maximum Gasteiger partial charge on any atom is 0.229 e. The van der Waals surface area contributed by atoms with Crippen molar-refractivity contribution in [2.24, 2.45) is 0 Å². The van der Waals surface area contributed by atoms with Gasteiger partial charge < -0.3 is 20.4 Å². The van der Waals surface area contributed by atoms with Gasteiger partial charge in [0.25, 0.3) is 0 Å². The molecule has 2 aromatic heterocycles. The summed E-state index contributed by atoms with van der Waals surface area (Å²) in [7, 11) is 0. The van der Waals surface area contributed by atoms with Gasteiger partial charge >= 0.3 is 0 Å². The minimum Gasteiger partial charge on any atom is -0.369 e. The quantitative estimate of drug-likeness (QED) is 0.497. The van der Waals surface area contributed by atoms with Crippen LogP contribution in [0.4, 0.5) is 31.9 Å². The number of nitrogens with one attached hydrogen (secondary N) is 2. The molecule has 0 amide bonds. The third-order valence-electron chi connectivity index (χ3n) is 6.54. The normalized spacial score (nSPS) is 15.5. The predicted molar refractivity (Wildman–Crippen MR) is 147 cm³/mol. The average molecular weight is 524 g/mol. The van der Waals surface area contributed by atoms with E-state index in [0.717, 1.165) is 44.5 Å². The van der Waals surface area contributed by atoms with Gasteiger partial charge in [-0.25, -0.2) is 23.7 Å². The molecule has 3 aromatic rings. The minimum absolute atomic E-state index is 0.0188. The Morgan fingerprint density at radius 1 is 1.03 bits per heavy atom. The Bertz CT molecular complexity index is 1260. The van der Waals surface area contributed by atoms with Gasteiger partial charge in [-0.15, -0.1) is 0 Å². The molecule has 38 heavy (non-hydrogen) atoms. The van der Waals surface area contributed by atoms with E-state index >= 15 is 4.39 Å². The summed E-state index contributed by atoms with van der Waals surface area (Å²) in [5.74, 6) is -0.589. The second-order valence-corrected chi connectivity index (χ2v) is 9.40. The summed E-state index contributed by atoms with van der Waals surface area (Å²) >= 11 is 0. The first-order chi connectivity index (χ1) is 18.4. The molecule has 1 aromatic carbocycles. The standard InChI is InChI=1S/C26H29F2N7O.C2H6/c1-16(2)35-15-19(36)12-20-21(27)10-17(11-23(20)35)25-22(28)14-31-26(33-25)32-24-5-4-18(13-30-24)34-8-3-6-29-7-9-34;1-2/h4-5,10-11,13-14,16,29H,3,6-9,12,15H2,1-2H3,(H,30,31,32,33);1-2H3. The number of hydrogen-bond acceptors (Lipinski definition) is 8. The van der Waals surface area contributed by atoms with Crippen molar-refractivity contribution in [3.05, 3.63) is 53.9 Å². The summed E-state index contributed by atoms with van der Waals surface area (Å²) < 4.78 is 29.8. The van der Waals surface area contributed by atoms with Gasteiger partial charge in [0.05, 0.1) is 24.6 Å². The van der Waals surface area contributed by atoms with Crippen molar-refractivity contribution >= 4 is 28.9 Å². The highest BCUT2D eigenvalue weighted by Gasteiger charge is 2.28. The van der Waals surface area contributed by atoms with E-state index in [4.69, 9.17) is 0 Å². The van der Waals surface area contributed by atoms with Crippen LogP contribution in [0.3, 0.4) is 0 Å². The number of pyridine rings is 1. The van der Waals surface area contributed by atoms with Gasteiger partial charge in [-0.05, 0) is 51.1 Å². The van der Waals surface area contributed by atoms with Gasteiger partial charge in [-0.1, -0.05) is 13.8 Å². The molecule has 0 atom stereocenters. The first kappa shape index (κ1) is 27.4. The van der Waals surface area contributed by atoms with Crippen molar-refractivity contribution in [3.8, 4) is 11.3 Å². The summed E-state index contributed by atoms with van der Waals surface area (Å²) in [4.78, 5) is 29.1. The summed E-state index contributed by atoms with van der Waals surface area (Å²) in [6, 6.07) is 6.72. The average Bonchev–Trinajstić information content (AvgIpc) is 3.21. The summed E-state index contributed by atoms with van der Waals surface area (Å²) in [6.45, 7) is 11.9. The van der Waals surface area contributed by atoms with Crippen LogP contribution in [0.2, 0.25) is 0 Å². The first-order valence-electron chi connectivity index (χ1n) is 13.2. The number of rotatable bonds is 5. The lowest BCUT2D eigenvalue weighted by Gasteiger charge is -2.34. The largest absolute Gasteiger partial charge is 0.369 e. The van der Waals surface area contributed by atoms with Crippen molar-refractivity contribution < 1.29 is 13.6 Å². The molecule has 2 aliphatic heterocycles. The van der Waals surface area contributed by atoms with Gasteiger partial charge in [0.1, 0.15) is 17.3 Å². The van der Waals surface area contributed by atoms with E-state index in [1.807, 2.05) is 44.7 Å². The number of benzene rings is 1. The fourth-order valence-corrected chi connectivity index (χ4v) is 4.67. The molecule has 0 radical (unpaired) electrons. The maximum absolute atomic E-state index is 15.0. The lowest BCUT2D eigenvalue weighted by atomic mass is 9.96. The highest BCUT2D eigenvalue weighted by Crippen LogP contribution is 2.35. The number of Topliss-reactive ketones (excluding diaryl/α,β-unsaturated/α-hetero) is 1. The molecule has 0 unspecified atom stereocenters. The van der Waals surface area contributed by atoms with Gasteiger partial charge in [0, 0.05) is 48.9 Å². The maximum atomic E-state index is 15.0. The van der Waals surface area contributed by atoms with E-state index in [1.54, 1.807) is 12.3 Å². The van der Waals surface area contributed by atoms with Crippen molar-refractivity contribution in [1.82, 2.24) is 20.3 Å². The molecule has 8 nitrogen and oxygen atoms in total. The number of anilines is 4. The van der Waals surface area contributed by atoms with E-state index in [-0.39, 0.29) is 42.0 Å². The third kappa shape index (κ3) is 6.07. The van der Waals surface area contributed by atoms with Crippen molar-refractivity contribution in [2.75, 3.05) is 47.8 Å². The van der Waals surface area contributed by atoms with Gasteiger partial charge in [-0.2, -0.15) is 0 Å². The van der Waals surface area contributed by atoms with Crippen LogP contribution < -0.4 is 20.4 Å². The number of carbonyl (C=O) groups excluding carboxylic acids is 1. The molecule has 4 heterocycles. The first-order valence-corrected chi connectivity index (χ1v) is 13.2. The molecular formula is C28H35F2N7O. The summed E-state index contributed by atoms with van der Waals surface area (Å²) in [6.07, 6.45) is 3.95. The lowest BCUT2D eigenvalue weighted by Crippen LogP contribution is -2.40. The fraction of sp³-hybridized carbons (Fsp3) is 0.429. The summed E-state index contributed by atoms with van der Waals surface area (Å²) in [5.41, 5.74) is 2.22. The number of fused-ring (bicyclic) bond motifs is 1. The van der Waals surface area contributed by atoms with Crippen LogP contribution in [0.15, 0.2) is 36.7 Å². The van der Waals surface area contributed by atoms with E-state index < -0.39 is 11.6 Å². The van der Waals surface area contributed by atoms with Crippen LogP contribution in [0, 0.1) is 11.6 Å². The number of halogens is 2. The van der Waals surface area contributed by atoms with Crippen LogP contribution in [-0.2, 0) is 11.2 Å². The molecular weight excluding hydrogens is 488 g/mol. The molecule has 0 spiro atoms. The molecule has 202 valence electrons. The predicted octanol–water partition coefficient (Wildman–Crippen LogP) is 4.73. The van der Waals surface area contributed by atoms with Crippen LogP contribution in [-0.4, -0.2) is 59.5 Å². The fourth-order valence-electron chi connectivity index (χ4n) is 4.67. The molecule has 2 N–H and O–H groups in total. The number of carbonyl (C=O) groups is 1. The zero-order valence-corrected chi connectivity index (χ0v) is 22.4. The Labute approximate surface area is 222 Å². The van der Waals surface area contributed by atoms with Crippen LogP contribution in [0.5, 0.6) is 0 Å². The zero-order valence-electron chi connectivity index (χ0n) is 22.4. The van der Waals surface area contributed by atoms with E-state index in [1.165, 1.54) is 6.07 Å². The van der Waals surface area contributed by atoms with Crippen LogP contribution in [0.1, 0.15) is 39.7 Å². The molecule has 0 aliphatic carbocycles. The van der Waals surface area contributed by atoms with E-state index in [2.05, 4.69) is 30.5 Å². The second kappa shape index (κ2) is 12.3. The topological polar surface area (TPSA) is 86.3 Å². The number of nitrogens with zero attached hydrogens (tertiary/aromatic N) is 5. The highest BCUT2D eigenvalue weighted by atomic mass is 19.1. The van der Waals surface area contributed by atoms with E-state index in [0.29, 0.717) is 17.1 Å². The monoisotopic (exact) mass is 523 g/mol. The van der Waals surface area contributed by atoms with Gasteiger partial charge in [0.2, 0.25) is 5.95 Å². The number of hydrogen-bond donors (Lipinski definition) is 2. The molecule has 0 bridgehead atoms. The molecule has 10 heteroatoms. The Morgan fingerprint density at radius 3 is 2.58 bits per heavy atom. The number of ketones is 1. The molecule has 1 saturated heterocycles. The molecule has 5 rings (SSSR count). The molecule has 2 aliphatic rings. The zero-order chi connectivity index (χ0) is 27.2. The highest BCUT2D eigenvalue weighted by molar-refractivity contribution is 5.91. The van der Waals surface area contributed by atoms with Crippen LogP contribution >= 0.6 is 0 Å². The van der Waals surface area contributed by atoms with Crippen molar-refractivity contribution in [2.45, 2.75) is 46.6 Å². The van der Waals surface area contributed by atoms with Gasteiger partial charge in [-0.3, -0.25) is 4.79 Å². The van der Waals surface area contributed by atoms with Crippen molar-refractivity contribution in [3.63, 3.8) is 0 Å². The van der Waals surface area contributed by atoms with Crippen LogP contribution in [0.25, 0.3) is 11.3 Å². The summed E-state index contributed by atoms with van der Waals surface area (Å²) in [5, 5.41) is 6.40. The Hall–Kier alpha value is -3.66.